The summed E-state index contributed by atoms with van der Waals surface area (Å²) in [6, 6.07) is 2.98. The quantitative estimate of drug-likeness (QED) is 0.799. The number of nitrogens with zero attached hydrogens (tertiary/aromatic N) is 2. The maximum Gasteiger partial charge on any atom is 0.452 e. The third kappa shape index (κ3) is 3.91. The first kappa shape index (κ1) is 19.6. The highest BCUT2D eigenvalue weighted by Crippen LogP contribution is 2.38. The van der Waals surface area contributed by atoms with Crippen molar-refractivity contribution in [1.29, 1.82) is 0 Å². The van der Waals surface area contributed by atoms with Crippen molar-refractivity contribution in [2.75, 3.05) is 20.1 Å². The number of rotatable bonds is 3. The van der Waals surface area contributed by atoms with E-state index in [4.69, 9.17) is 0 Å². The molecule has 2 amide bonds. The van der Waals surface area contributed by atoms with Crippen LogP contribution in [-0.2, 0) is 11.0 Å². The summed E-state index contributed by atoms with van der Waals surface area (Å²) in [5, 5.41) is 6.62. The van der Waals surface area contributed by atoms with Crippen molar-refractivity contribution >= 4 is 23.2 Å². The van der Waals surface area contributed by atoms with Crippen LogP contribution in [0.3, 0.4) is 0 Å². The molecule has 0 saturated carbocycles. The summed E-state index contributed by atoms with van der Waals surface area (Å²) in [7, 11) is 1.42. The van der Waals surface area contributed by atoms with E-state index in [9.17, 15) is 22.8 Å². The highest BCUT2D eigenvalue weighted by molar-refractivity contribution is 7.17. The average molecular weight is 401 g/mol. The van der Waals surface area contributed by atoms with E-state index in [-0.39, 0.29) is 28.0 Å². The minimum Gasteiger partial charge on any atom is -0.351 e. The number of aromatic nitrogens is 1. The summed E-state index contributed by atoms with van der Waals surface area (Å²) in [5.41, 5.74) is -0.0992. The van der Waals surface area contributed by atoms with Crippen molar-refractivity contribution < 1.29 is 27.3 Å². The van der Waals surface area contributed by atoms with Crippen molar-refractivity contribution in [3.63, 3.8) is 0 Å². The average Bonchev–Trinajstić information content (AvgIpc) is 3.26. The molecule has 0 aliphatic carbocycles. The Morgan fingerprint density at radius 3 is 2.70 bits per heavy atom. The molecule has 2 aromatic rings. The van der Waals surface area contributed by atoms with Crippen molar-refractivity contribution in [3.8, 4) is 10.6 Å². The molecule has 146 valence electrons. The van der Waals surface area contributed by atoms with E-state index in [0.29, 0.717) is 11.4 Å². The second-order valence-electron chi connectivity index (χ2n) is 6.39. The minimum atomic E-state index is -4.63. The third-order valence-corrected chi connectivity index (χ3v) is 5.59. The van der Waals surface area contributed by atoms with Gasteiger partial charge in [-0.1, -0.05) is 5.16 Å². The third-order valence-electron chi connectivity index (χ3n) is 4.51. The number of nitrogens with one attached hydrogen (secondary N) is 1. The van der Waals surface area contributed by atoms with E-state index in [1.165, 1.54) is 26.1 Å². The zero-order valence-corrected chi connectivity index (χ0v) is 15.5. The number of piperidine rings is 1. The Hall–Kier alpha value is -2.20. The van der Waals surface area contributed by atoms with Crippen LogP contribution >= 0.6 is 11.3 Å². The molecule has 1 fully saturated rings. The van der Waals surface area contributed by atoms with Crippen LogP contribution in [-0.4, -0.2) is 42.0 Å². The van der Waals surface area contributed by atoms with Crippen molar-refractivity contribution in [2.24, 2.45) is 5.92 Å². The van der Waals surface area contributed by atoms with Gasteiger partial charge in [-0.2, -0.15) is 13.2 Å². The molecule has 6 nitrogen and oxygen atoms in total. The van der Waals surface area contributed by atoms with Gasteiger partial charge in [0.1, 0.15) is 5.69 Å². The molecule has 0 unspecified atom stereocenters. The van der Waals surface area contributed by atoms with Crippen molar-refractivity contribution in [1.82, 2.24) is 15.4 Å². The topological polar surface area (TPSA) is 75.4 Å². The van der Waals surface area contributed by atoms with E-state index in [0.717, 1.165) is 35.6 Å². The Morgan fingerprint density at radius 2 is 2.11 bits per heavy atom. The highest BCUT2D eigenvalue weighted by Gasteiger charge is 2.39. The lowest BCUT2D eigenvalue weighted by atomic mass is 9.98. The first-order valence-corrected chi connectivity index (χ1v) is 9.18. The number of carbonyl (C=O) groups excluding carboxylic acids is 2. The van der Waals surface area contributed by atoms with Gasteiger partial charge in [-0.05, 0) is 38.4 Å². The Morgan fingerprint density at radius 1 is 1.37 bits per heavy atom. The number of imide groups is 1. The van der Waals surface area contributed by atoms with Gasteiger partial charge >= 0.3 is 6.18 Å². The lowest BCUT2D eigenvalue weighted by Crippen LogP contribution is -2.43. The largest absolute Gasteiger partial charge is 0.452 e. The number of thiophene rings is 1. The molecule has 1 aliphatic rings. The predicted molar refractivity (Wildman–Crippen MR) is 92.2 cm³/mol. The van der Waals surface area contributed by atoms with Crippen LogP contribution in [0.25, 0.3) is 10.6 Å². The number of amides is 2. The van der Waals surface area contributed by atoms with Gasteiger partial charge < -0.3 is 9.84 Å². The lowest BCUT2D eigenvalue weighted by molar-refractivity contribution is -0.156. The van der Waals surface area contributed by atoms with Gasteiger partial charge in [-0.15, -0.1) is 11.3 Å². The second kappa shape index (κ2) is 7.43. The van der Waals surface area contributed by atoms with E-state index in [2.05, 4.69) is 15.0 Å². The molecule has 0 spiro atoms. The summed E-state index contributed by atoms with van der Waals surface area (Å²) in [6.45, 7) is 2.65. The summed E-state index contributed by atoms with van der Waals surface area (Å²) >= 11 is 0.976. The summed E-state index contributed by atoms with van der Waals surface area (Å²) in [4.78, 5) is 26.8. The predicted octanol–water partition coefficient (Wildman–Crippen LogP) is 3.33. The molecule has 1 atom stereocenters. The van der Waals surface area contributed by atoms with E-state index < -0.39 is 17.8 Å². The summed E-state index contributed by atoms with van der Waals surface area (Å²) in [6.07, 6.45) is -3.04. The standard InChI is InChI=1S/C17H18F3N3O3S/c1-9-13(22-26-14(9)17(18,19)20)11-5-6-12(27-11)16(25)23(2)15(24)10-4-3-7-21-8-10/h5-6,10,21H,3-4,7-8H2,1-2H3/t10-/m1/s1. The molecular formula is C17H18F3N3O3S. The van der Waals surface area contributed by atoms with E-state index in [1.54, 1.807) is 0 Å². The SMILES string of the molecule is Cc1c(-c2ccc(C(=O)N(C)C(=O)[C@@H]3CCCNC3)s2)noc1C(F)(F)F. The van der Waals surface area contributed by atoms with Gasteiger partial charge in [-0.25, -0.2) is 0 Å². The highest BCUT2D eigenvalue weighted by atomic mass is 32.1. The van der Waals surface area contributed by atoms with Crippen molar-refractivity contribution in [2.45, 2.75) is 25.9 Å². The van der Waals surface area contributed by atoms with Gasteiger partial charge in [0.2, 0.25) is 11.7 Å². The maximum atomic E-state index is 12.8. The molecule has 0 aromatic carbocycles. The van der Waals surface area contributed by atoms with Crippen LogP contribution in [0.1, 0.15) is 33.8 Å². The van der Waals surface area contributed by atoms with E-state index in [1.807, 2.05) is 0 Å². The Balaban J connectivity index is 1.78. The molecule has 1 saturated heterocycles. The molecule has 3 heterocycles. The molecule has 1 N–H and O–H groups in total. The molecule has 0 bridgehead atoms. The molecule has 3 rings (SSSR count). The fraction of sp³-hybridized carbons (Fsp3) is 0.471. The van der Waals surface area contributed by atoms with Crippen LogP contribution in [0.15, 0.2) is 16.7 Å². The van der Waals surface area contributed by atoms with Gasteiger partial charge in [0.05, 0.1) is 15.7 Å². The number of halogens is 3. The number of alkyl halides is 3. The zero-order valence-electron chi connectivity index (χ0n) is 14.7. The smallest absolute Gasteiger partial charge is 0.351 e. The Bertz CT molecular complexity index is 853. The van der Waals surface area contributed by atoms with Crippen molar-refractivity contribution in [3.05, 3.63) is 28.3 Å². The molecule has 1 aliphatic heterocycles. The van der Waals surface area contributed by atoms with Crippen LogP contribution in [0.4, 0.5) is 13.2 Å². The van der Waals surface area contributed by atoms with Crippen LogP contribution in [0.2, 0.25) is 0 Å². The second-order valence-corrected chi connectivity index (χ2v) is 7.48. The monoisotopic (exact) mass is 401 g/mol. The zero-order chi connectivity index (χ0) is 19.8. The fourth-order valence-corrected chi connectivity index (χ4v) is 4.03. The molecule has 2 aromatic heterocycles. The maximum absolute atomic E-state index is 12.8. The van der Waals surface area contributed by atoms with E-state index >= 15 is 0 Å². The molecule has 27 heavy (non-hydrogen) atoms. The van der Waals surface area contributed by atoms with Crippen LogP contribution in [0.5, 0.6) is 0 Å². The summed E-state index contributed by atoms with van der Waals surface area (Å²) in [5.74, 6) is -2.16. The minimum absolute atomic E-state index is 0.0387. The van der Waals surface area contributed by atoms with Gasteiger partial charge in [0.25, 0.3) is 5.91 Å². The first-order chi connectivity index (χ1) is 12.7. The van der Waals surface area contributed by atoms with Crippen LogP contribution < -0.4 is 5.32 Å². The first-order valence-electron chi connectivity index (χ1n) is 8.36. The lowest BCUT2D eigenvalue weighted by Gasteiger charge is -2.25. The van der Waals surface area contributed by atoms with Gasteiger partial charge in [-0.3, -0.25) is 14.5 Å². The Labute approximate surface area is 157 Å². The number of hydrogen-bond donors (Lipinski definition) is 1. The molecule has 0 radical (unpaired) electrons. The van der Waals surface area contributed by atoms with Gasteiger partial charge in [0.15, 0.2) is 0 Å². The Kier molecular flexibility index (Phi) is 5.38. The normalized spacial score (nSPS) is 17.7. The number of hydrogen-bond acceptors (Lipinski definition) is 6. The molecule has 10 heteroatoms. The summed E-state index contributed by atoms with van der Waals surface area (Å²) < 4.78 is 43.0. The van der Waals surface area contributed by atoms with Gasteiger partial charge in [0, 0.05) is 19.2 Å². The fourth-order valence-electron chi connectivity index (χ4n) is 3.01. The van der Waals surface area contributed by atoms with Crippen LogP contribution in [0, 0.1) is 12.8 Å². The number of carbonyl (C=O) groups is 2. The molecular weight excluding hydrogens is 383 g/mol.